The summed E-state index contributed by atoms with van der Waals surface area (Å²) in [5, 5.41) is 10.8. The van der Waals surface area contributed by atoms with Gasteiger partial charge in [0, 0.05) is 23.3 Å². The molecular formula is C19H14ClN3O2. The van der Waals surface area contributed by atoms with E-state index < -0.39 is 0 Å². The Balaban J connectivity index is 2.02. The van der Waals surface area contributed by atoms with Crippen molar-refractivity contribution in [2.24, 2.45) is 0 Å². The zero-order valence-electron chi connectivity index (χ0n) is 13.7. The van der Waals surface area contributed by atoms with Crippen LogP contribution in [0.5, 0.6) is 5.75 Å². The quantitative estimate of drug-likeness (QED) is 0.530. The number of rotatable bonds is 2. The fourth-order valence-electron chi connectivity index (χ4n) is 3.04. The average molecular weight is 352 g/mol. The number of fused-ring (bicyclic) bond motifs is 3. The molecule has 25 heavy (non-hydrogen) atoms. The van der Waals surface area contributed by atoms with Crippen molar-refractivity contribution in [2.75, 3.05) is 7.11 Å². The van der Waals surface area contributed by atoms with Crippen molar-refractivity contribution in [3.8, 4) is 17.0 Å². The van der Waals surface area contributed by atoms with E-state index in [0.717, 1.165) is 27.6 Å². The lowest BCUT2D eigenvalue weighted by Gasteiger charge is -2.03. The van der Waals surface area contributed by atoms with Crippen LogP contribution in [0.1, 0.15) is 11.7 Å². The van der Waals surface area contributed by atoms with Crippen LogP contribution in [-0.2, 0) is 0 Å². The zero-order valence-corrected chi connectivity index (χ0v) is 14.4. The summed E-state index contributed by atoms with van der Waals surface area (Å²) in [6, 6.07) is 15.0. The van der Waals surface area contributed by atoms with E-state index in [0.29, 0.717) is 16.4 Å². The Morgan fingerprint density at radius 2 is 1.88 bits per heavy atom. The van der Waals surface area contributed by atoms with Crippen LogP contribution in [0.25, 0.3) is 33.2 Å². The maximum atomic E-state index is 12.1. The topological polar surface area (TPSA) is 57.0 Å². The predicted molar refractivity (Wildman–Crippen MR) is 98.3 cm³/mol. The molecular weight excluding hydrogens is 338 g/mol. The molecule has 0 atom stereocenters. The highest BCUT2D eigenvalue weighted by molar-refractivity contribution is 6.38. The van der Waals surface area contributed by atoms with Crippen molar-refractivity contribution in [1.29, 1.82) is 0 Å². The Kier molecular flexibility index (Phi) is 3.66. The van der Waals surface area contributed by atoms with Gasteiger partial charge in [0.1, 0.15) is 5.75 Å². The van der Waals surface area contributed by atoms with Gasteiger partial charge in [-0.05, 0) is 42.5 Å². The molecule has 2 aromatic carbocycles. The number of nitrogens with zero attached hydrogens (tertiary/aromatic N) is 3. The molecule has 0 aliphatic rings. The molecule has 6 heteroatoms. The molecule has 0 fully saturated rings. The molecule has 124 valence electrons. The van der Waals surface area contributed by atoms with Crippen molar-refractivity contribution < 1.29 is 9.53 Å². The number of halogens is 1. The second kappa shape index (κ2) is 5.86. The maximum Gasteiger partial charge on any atom is 0.229 e. The summed E-state index contributed by atoms with van der Waals surface area (Å²) in [7, 11) is 1.62. The van der Waals surface area contributed by atoms with Crippen molar-refractivity contribution in [2.45, 2.75) is 6.92 Å². The van der Waals surface area contributed by atoms with Gasteiger partial charge in [0.2, 0.25) is 5.91 Å². The van der Waals surface area contributed by atoms with Crippen molar-refractivity contribution in [3.05, 3.63) is 53.6 Å². The molecule has 0 saturated carbocycles. The molecule has 4 rings (SSSR count). The summed E-state index contributed by atoms with van der Waals surface area (Å²) in [6.45, 7) is 1.50. The molecule has 0 unspecified atom stereocenters. The lowest BCUT2D eigenvalue weighted by molar-refractivity contribution is 0.0945. The number of carbonyl (C=O) groups excluding carboxylic acids is 1. The Hall–Kier alpha value is -2.92. The largest absolute Gasteiger partial charge is 0.497 e. The first kappa shape index (κ1) is 15.6. The van der Waals surface area contributed by atoms with Gasteiger partial charge in [-0.15, -0.1) is 10.2 Å². The van der Waals surface area contributed by atoms with E-state index in [1.807, 2.05) is 42.5 Å². The number of benzene rings is 2. The Morgan fingerprint density at radius 1 is 1.12 bits per heavy atom. The molecule has 0 amide bonds. The van der Waals surface area contributed by atoms with E-state index in [1.165, 1.54) is 6.92 Å². The smallest absolute Gasteiger partial charge is 0.229 e. The third-order valence-electron chi connectivity index (χ3n) is 4.19. The fourth-order valence-corrected chi connectivity index (χ4v) is 3.31. The summed E-state index contributed by atoms with van der Waals surface area (Å²) in [5.41, 5.74) is 2.85. The molecule has 0 aliphatic heterocycles. The Bertz CT molecular complexity index is 1120. The zero-order chi connectivity index (χ0) is 17.6. The highest BCUT2D eigenvalue weighted by Crippen LogP contribution is 2.34. The normalized spacial score (nSPS) is 11.2. The molecule has 0 aliphatic carbocycles. The fraction of sp³-hybridized carbons (Fsp3) is 0.105. The molecule has 0 saturated heterocycles. The molecule has 0 spiro atoms. The number of hydrogen-bond donors (Lipinski definition) is 0. The third-order valence-corrected chi connectivity index (χ3v) is 4.50. The van der Waals surface area contributed by atoms with Gasteiger partial charge in [-0.25, -0.2) is 0 Å². The van der Waals surface area contributed by atoms with Gasteiger partial charge >= 0.3 is 0 Å². The number of hydrogen-bond acceptors (Lipinski definition) is 4. The maximum absolute atomic E-state index is 12.1. The Morgan fingerprint density at radius 3 is 2.56 bits per heavy atom. The minimum absolute atomic E-state index is 0.131. The average Bonchev–Trinajstić information content (AvgIpc) is 2.96. The summed E-state index contributed by atoms with van der Waals surface area (Å²) in [4.78, 5) is 12.1. The van der Waals surface area contributed by atoms with E-state index in [-0.39, 0.29) is 5.91 Å². The van der Waals surface area contributed by atoms with Crippen LogP contribution in [0.15, 0.2) is 48.5 Å². The van der Waals surface area contributed by atoms with Crippen molar-refractivity contribution in [3.63, 3.8) is 0 Å². The molecule has 0 radical (unpaired) electrons. The van der Waals surface area contributed by atoms with Crippen LogP contribution in [0.4, 0.5) is 0 Å². The summed E-state index contributed by atoms with van der Waals surface area (Å²) in [6.07, 6.45) is 0. The lowest BCUT2D eigenvalue weighted by atomic mass is 10.1. The van der Waals surface area contributed by atoms with Crippen LogP contribution in [0.2, 0.25) is 5.02 Å². The number of carbonyl (C=O) groups is 1. The first-order valence-corrected chi connectivity index (χ1v) is 8.09. The summed E-state index contributed by atoms with van der Waals surface area (Å²) >= 11 is 6.40. The molecule has 2 aromatic heterocycles. The highest BCUT2D eigenvalue weighted by atomic mass is 35.5. The summed E-state index contributed by atoms with van der Waals surface area (Å²) < 4.78 is 6.73. The van der Waals surface area contributed by atoms with Gasteiger partial charge in [0.25, 0.3) is 0 Å². The molecule has 5 nitrogen and oxygen atoms in total. The highest BCUT2D eigenvalue weighted by Gasteiger charge is 2.18. The second-order valence-corrected chi connectivity index (χ2v) is 6.09. The molecule has 4 aromatic rings. The van der Waals surface area contributed by atoms with Gasteiger partial charge in [-0.3, -0.25) is 9.36 Å². The van der Waals surface area contributed by atoms with Gasteiger partial charge in [-0.1, -0.05) is 17.7 Å². The van der Waals surface area contributed by atoms with Gasteiger partial charge in [-0.2, -0.15) is 0 Å². The third kappa shape index (κ3) is 2.44. The Labute approximate surface area is 148 Å². The van der Waals surface area contributed by atoms with E-state index >= 15 is 0 Å². The summed E-state index contributed by atoms with van der Waals surface area (Å²) in [5.74, 6) is 0.641. The minimum Gasteiger partial charge on any atom is -0.497 e. The monoisotopic (exact) mass is 351 g/mol. The second-order valence-electron chi connectivity index (χ2n) is 5.68. The van der Waals surface area contributed by atoms with Crippen LogP contribution < -0.4 is 4.74 Å². The number of ether oxygens (including phenoxy) is 1. The van der Waals surface area contributed by atoms with E-state index in [9.17, 15) is 4.79 Å². The molecule has 2 heterocycles. The molecule has 0 N–H and O–H groups in total. The van der Waals surface area contributed by atoms with Gasteiger partial charge < -0.3 is 4.74 Å². The van der Waals surface area contributed by atoms with E-state index in [2.05, 4.69) is 10.2 Å². The first-order chi connectivity index (χ1) is 12.1. The van der Waals surface area contributed by atoms with Crippen LogP contribution in [-0.4, -0.2) is 27.8 Å². The van der Waals surface area contributed by atoms with E-state index in [1.54, 1.807) is 17.7 Å². The van der Waals surface area contributed by atoms with E-state index in [4.69, 9.17) is 16.3 Å². The van der Waals surface area contributed by atoms with Crippen molar-refractivity contribution in [1.82, 2.24) is 14.8 Å². The van der Waals surface area contributed by atoms with Crippen molar-refractivity contribution >= 4 is 39.4 Å². The number of methoxy groups -OCH3 is 1. The minimum atomic E-state index is -0.131. The standard InChI is InChI=1S/C19H14ClN3O2/c1-11(24)23-17-5-3-4-15(20)18(17)14-10-16(21-22-19(14)23)12-6-8-13(25-2)9-7-12/h3-10H,1-2H3. The van der Waals surface area contributed by atoms with Crippen LogP contribution >= 0.6 is 11.6 Å². The van der Waals surface area contributed by atoms with Gasteiger partial charge in [0.15, 0.2) is 5.65 Å². The molecule has 0 bridgehead atoms. The predicted octanol–water partition coefficient (Wildman–Crippen LogP) is 4.57. The van der Waals surface area contributed by atoms with Crippen LogP contribution in [0.3, 0.4) is 0 Å². The number of aromatic nitrogens is 3. The first-order valence-electron chi connectivity index (χ1n) is 7.72. The SMILES string of the molecule is COc1ccc(-c2cc3c4c(Cl)cccc4n(C(C)=O)c3nn2)cc1. The van der Waals surface area contributed by atoms with Gasteiger partial charge in [0.05, 0.1) is 23.3 Å². The van der Waals surface area contributed by atoms with Crippen LogP contribution in [0, 0.1) is 0 Å². The lowest BCUT2D eigenvalue weighted by Crippen LogP contribution is -2.06.